The van der Waals surface area contributed by atoms with E-state index in [1.165, 1.54) is 44.9 Å². The average Bonchev–Trinajstić information content (AvgIpc) is 2.31. The van der Waals surface area contributed by atoms with Gasteiger partial charge in [0.25, 0.3) is 0 Å². The molecule has 0 saturated heterocycles. The Kier molecular flexibility index (Phi) is 11.2. The fourth-order valence-corrected chi connectivity index (χ4v) is 1.94. The minimum absolute atomic E-state index is 0.0675. The topological polar surface area (TPSA) is 52.3 Å². The minimum Gasteiger partial charge on any atom is -0.462 e. The van der Waals surface area contributed by atoms with Crippen molar-refractivity contribution < 1.29 is 9.53 Å². The highest BCUT2D eigenvalue weighted by atomic mass is 16.5. The van der Waals surface area contributed by atoms with Gasteiger partial charge in [-0.1, -0.05) is 58.3 Å². The van der Waals surface area contributed by atoms with Gasteiger partial charge in [-0.25, -0.2) is 0 Å². The van der Waals surface area contributed by atoms with Gasteiger partial charge in [-0.3, -0.25) is 4.79 Å². The number of ether oxygens (including phenoxy) is 1. The van der Waals surface area contributed by atoms with E-state index >= 15 is 0 Å². The normalized spacial score (nSPS) is 12.7. The first-order valence-corrected chi connectivity index (χ1v) is 7.54. The summed E-state index contributed by atoms with van der Waals surface area (Å²) < 4.78 is 5.07. The summed E-state index contributed by atoms with van der Waals surface area (Å²) in [6.07, 6.45) is 10.8. The van der Waals surface area contributed by atoms with Crippen LogP contribution in [0.1, 0.15) is 78.6 Å². The maximum absolute atomic E-state index is 11.4. The summed E-state index contributed by atoms with van der Waals surface area (Å²) in [5, 5.41) is 0. The summed E-state index contributed by atoms with van der Waals surface area (Å²) >= 11 is 0. The fraction of sp³-hybridized carbons (Fsp3) is 0.933. The first kappa shape index (κ1) is 17.4. The first-order valence-electron chi connectivity index (χ1n) is 7.54. The second-order valence-corrected chi connectivity index (χ2v) is 5.36. The molecule has 0 aliphatic rings. The van der Waals surface area contributed by atoms with Gasteiger partial charge in [0.15, 0.2) is 0 Å². The Morgan fingerprint density at radius 2 is 1.50 bits per heavy atom. The Bertz CT molecular complexity index is 205. The highest BCUT2D eigenvalue weighted by molar-refractivity contribution is 5.75. The van der Waals surface area contributed by atoms with E-state index in [9.17, 15) is 4.79 Å². The van der Waals surface area contributed by atoms with Gasteiger partial charge in [-0.2, -0.15) is 0 Å². The Hall–Kier alpha value is -0.570. The number of carbonyl (C=O) groups is 1. The molecule has 2 N–H and O–H groups in total. The SMILES string of the molecule is CCCCCCCCCCC(N)C(=O)OC(C)C. The fourth-order valence-electron chi connectivity index (χ4n) is 1.94. The maximum Gasteiger partial charge on any atom is 0.323 e. The molecule has 0 aromatic heterocycles. The number of esters is 1. The monoisotopic (exact) mass is 257 g/mol. The van der Waals surface area contributed by atoms with Crippen molar-refractivity contribution in [2.75, 3.05) is 0 Å². The van der Waals surface area contributed by atoms with Crippen LogP contribution in [0.5, 0.6) is 0 Å². The average molecular weight is 257 g/mol. The summed E-state index contributed by atoms with van der Waals surface area (Å²) in [6, 6.07) is -0.438. The van der Waals surface area contributed by atoms with E-state index in [1.807, 2.05) is 13.8 Å². The molecule has 1 atom stereocenters. The van der Waals surface area contributed by atoms with Crippen molar-refractivity contribution in [2.45, 2.75) is 90.7 Å². The molecule has 0 rings (SSSR count). The van der Waals surface area contributed by atoms with Gasteiger partial charge in [-0.05, 0) is 20.3 Å². The van der Waals surface area contributed by atoms with E-state index in [0.717, 1.165) is 12.8 Å². The summed E-state index contributed by atoms with van der Waals surface area (Å²) in [7, 11) is 0. The van der Waals surface area contributed by atoms with Crippen LogP contribution in [-0.2, 0) is 9.53 Å². The van der Waals surface area contributed by atoms with Crippen LogP contribution in [-0.4, -0.2) is 18.1 Å². The number of unbranched alkanes of at least 4 members (excludes halogenated alkanes) is 7. The van der Waals surface area contributed by atoms with Crippen molar-refractivity contribution in [1.82, 2.24) is 0 Å². The molecular weight excluding hydrogens is 226 g/mol. The van der Waals surface area contributed by atoms with E-state index in [4.69, 9.17) is 10.5 Å². The van der Waals surface area contributed by atoms with Crippen LogP contribution in [0.15, 0.2) is 0 Å². The molecule has 0 aromatic carbocycles. The van der Waals surface area contributed by atoms with Gasteiger partial charge in [0.1, 0.15) is 6.04 Å². The van der Waals surface area contributed by atoms with Crippen molar-refractivity contribution in [2.24, 2.45) is 5.73 Å². The Morgan fingerprint density at radius 1 is 1.00 bits per heavy atom. The zero-order valence-electron chi connectivity index (χ0n) is 12.4. The predicted octanol–water partition coefficient (Wildman–Crippen LogP) is 3.80. The van der Waals surface area contributed by atoms with Crippen LogP contribution in [0, 0.1) is 0 Å². The molecule has 0 aromatic rings. The lowest BCUT2D eigenvalue weighted by molar-refractivity contribution is -0.149. The summed E-state index contributed by atoms with van der Waals surface area (Å²) in [5.74, 6) is -0.257. The molecule has 0 saturated carbocycles. The first-order chi connectivity index (χ1) is 8.57. The number of carbonyl (C=O) groups excluding carboxylic acids is 1. The zero-order chi connectivity index (χ0) is 13.8. The van der Waals surface area contributed by atoms with Gasteiger partial charge in [-0.15, -0.1) is 0 Å². The molecule has 0 aliphatic carbocycles. The van der Waals surface area contributed by atoms with Crippen molar-refractivity contribution in [3.8, 4) is 0 Å². The van der Waals surface area contributed by atoms with Crippen molar-refractivity contribution in [3.63, 3.8) is 0 Å². The van der Waals surface area contributed by atoms with Crippen LogP contribution < -0.4 is 5.73 Å². The molecule has 3 nitrogen and oxygen atoms in total. The van der Waals surface area contributed by atoms with Crippen LogP contribution in [0.25, 0.3) is 0 Å². The van der Waals surface area contributed by atoms with E-state index in [1.54, 1.807) is 0 Å². The third kappa shape index (κ3) is 10.6. The quantitative estimate of drug-likeness (QED) is 0.452. The molecule has 0 fully saturated rings. The highest BCUT2D eigenvalue weighted by Crippen LogP contribution is 2.10. The lowest BCUT2D eigenvalue weighted by Crippen LogP contribution is -2.33. The number of nitrogens with two attached hydrogens (primary N) is 1. The Morgan fingerprint density at radius 3 is 2.00 bits per heavy atom. The highest BCUT2D eigenvalue weighted by Gasteiger charge is 2.15. The smallest absolute Gasteiger partial charge is 0.323 e. The van der Waals surface area contributed by atoms with Crippen LogP contribution in [0.2, 0.25) is 0 Å². The molecule has 0 bridgehead atoms. The maximum atomic E-state index is 11.4. The summed E-state index contributed by atoms with van der Waals surface area (Å²) in [6.45, 7) is 5.93. The largest absolute Gasteiger partial charge is 0.462 e. The molecule has 18 heavy (non-hydrogen) atoms. The summed E-state index contributed by atoms with van der Waals surface area (Å²) in [4.78, 5) is 11.4. The number of hydrogen-bond acceptors (Lipinski definition) is 3. The number of hydrogen-bond donors (Lipinski definition) is 1. The molecule has 0 amide bonds. The third-order valence-corrected chi connectivity index (χ3v) is 3.02. The second kappa shape index (κ2) is 11.5. The molecule has 0 spiro atoms. The molecule has 0 heterocycles. The number of rotatable bonds is 11. The summed E-state index contributed by atoms with van der Waals surface area (Å²) in [5.41, 5.74) is 5.77. The van der Waals surface area contributed by atoms with E-state index < -0.39 is 6.04 Å². The second-order valence-electron chi connectivity index (χ2n) is 5.36. The van der Waals surface area contributed by atoms with Gasteiger partial charge < -0.3 is 10.5 Å². The zero-order valence-corrected chi connectivity index (χ0v) is 12.4. The Labute approximate surface area is 112 Å². The van der Waals surface area contributed by atoms with Crippen molar-refractivity contribution in [1.29, 1.82) is 0 Å². The van der Waals surface area contributed by atoms with Crippen LogP contribution in [0.3, 0.4) is 0 Å². The van der Waals surface area contributed by atoms with Crippen LogP contribution in [0.4, 0.5) is 0 Å². The van der Waals surface area contributed by atoms with Gasteiger partial charge in [0.05, 0.1) is 6.10 Å². The lowest BCUT2D eigenvalue weighted by Gasteiger charge is -2.13. The Balaban J connectivity index is 3.34. The van der Waals surface area contributed by atoms with Gasteiger partial charge in [0, 0.05) is 0 Å². The van der Waals surface area contributed by atoms with Crippen LogP contribution >= 0.6 is 0 Å². The third-order valence-electron chi connectivity index (χ3n) is 3.02. The lowest BCUT2D eigenvalue weighted by atomic mass is 10.1. The predicted molar refractivity (Wildman–Crippen MR) is 76.4 cm³/mol. The standard InChI is InChI=1S/C15H31NO2/c1-4-5-6-7-8-9-10-11-12-14(16)15(17)18-13(2)3/h13-14H,4-12,16H2,1-3H3. The van der Waals surface area contributed by atoms with E-state index in [0.29, 0.717) is 0 Å². The van der Waals surface area contributed by atoms with Gasteiger partial charge >= 0.3 is 5.97 Å². The molecule has 108 valence electrons. The minimum atomic E-state index is -0.438. The molecule has 0 aliphatic heterocycles. The molecular formula is C15H31NO2. The van der Waals surface area contributed by atoms with Crippen molar-refractivity contribution >= 4 is 5.97 Å². The molecule has 3 heteroatoms. The van der Waals surface area contributed by atoms with Crippen molar-refractivity contribution in [3.05, 3.63) is 0 Å². The van der Waals surface area contributed by atoms with E-state index in [-0.39, 0.29) is 12.1 Å². The molecule has 0 radical (unpaired) electrons. The molecule has 1 unspecified atom stereocenters. The van der Waals surface area contributed by atoms with E-state index in [2.05, 4.69) is 6.92 Å². The van der Waals surface area contributed by atoms with Gasteiger partial charge in [0.2, 0.25) is 0 Å².